The summed E-state index contributed by atoms with van der Waals surface area (Å²) >= 11 is 0. The van der Waals surface area contributed by atoms with Crippen molar-refractivity contribution in [3.63, 3.8) is 0 Å². The molecule has 0 N–H and O–H groups in total. The van der Waals surface area contributed by atoms with Crippen LogP contribution < -0.4 is 4.74 Å². The van der Waals surface area contributed by atoms with E-state index in [0.29, 0.717) is 18.0 Å². The van der Waals surface area contributed by atoms with E-state index in [-0.39, 0.29) is 11.7 Å². The molecular weight excluding hydrogens is 352 g/mol. The number of ether oxygens (including phenoxy) is 2. The average molecular weight is 375 g/mol. The predicted octanol–water partition coefficient (Wildman–Crippen LogP) is 4.14. The van der Waals surface area contributed by atoms with Crippen LogP contribution in [-0.2, 0) is 17.7 Å². The van der Waals surface area contributed by atoms with E-state index in [1.165, 1.54) is 13.2 Å². The van der Waals surface area contributed by atoms with Crippen LogP contribution in [-0.4, -0.2) is 37.7 Å². The second-order valence-electron chi connectivity index (χ2n) is 6.77. The van der Waals surface area contributed by atoms with Crippen molar-refractivity contribution in [3.8, 4) is 5.75 Å². The normalized spacial score (nSPS) is 17.3. The van der Waals surface area contributed by atoms with Crippen molar-refractivity contribution >= 4 is 5.97 Å². The third kappa shape index (κ3) is 5.26. The Labute approximate surface area is 157 Å². The minimum Gasteiger partial charge on any atom is -0.465 e. The van der Waals surface area contributed by atoms with Crippen LogP contribution in [0, 0.1) is 5.92 Å². The van der Waals surface area contributed by atoms with Crippen LogP contribution in [0.15, 0.2) is 48.5 Å². The second-order valence-corrected chi connectivity index (χ2v) is 6.77. The van der Waals surface area contributed by atoms with Crippen molar-refractivity contribution in [3.05, 3.63) is 65.2 Å². The van der Waals surface area contributed by atoms with E-state index in [9.17, 15) is 13.6 Å². The highest BCUT2D eigenvalue weighted by atomic mass is 19.3. The standard InChI is InChI=1S/C21H23F2NO3/c1-26-20(25)19-8-3-2-6-17(19)11-16-9-10-24(14-16)13-15-5-4-7-18(12-15)27-21(22)23/h2-8,12,16,21H,9-11,13-14H2,1H3. The number of carbonyl (C=O) groups excluding carboxylic acids is 1. The van der Waals surface area contributed by atoms with E-state index in [4.69, 9.17) is 4.74 Å². The number of methoxy groups -OCH3 is 1. The smallest absolute Gasteiger partial charge is 0.387 e. The van der Waals surface area contributed by atoms with Gasteiger partial charge in [0, 0.05) is 13.1 Å². The maximum absolute atomic E-state index is 12.4. The van der Waals surface area contributed by atoms with E-state index in [1.54, 1.807) is 18.2 Å². The molecule has 0 aliphatic carbocycles. The van der Waals surface area contributed by atoms with Gasteiger partial charge < -0.3 is 9.47 Å². The highest BCUT2D eigenvalue weighted by Gasteiger charge is 2.24. The highest BCUT2D eigenvalue weighted by Crippen LogP contribution is 2.25. The first-order valence-corrected chi connectivity index (χ1v) is 8.97. The molecule has 6 heteroatoms. The van der Waals surface area contributed by atoms with Crippen LogP contribution in [0.2, 0.25) is 0 Å². The number of benzene rings is 2. The molecule has 1 unspecified atom stereocenters. The fourth-order valence-electron chi connectivity index (χ4n) is 3.62. The molecule has 1 fully saturated rings. The molecule has 2 aromatic carbocycles. The minimum absolute atomic E-state index is 0.185. The zero-order valence-corrected chi connectivity index (χ0v) is 15.2. The van der Waals surface area contributed by atoms with Gasteiger partial charge in [-0.25, -0.2) is 4.79 Å². The van der Waals surface area contributed by atoms with Gasteiger partial charge in [0.1, 0.15) is 5.75 Å². The molecule has 144 valence electrons. The molecule has 4 nitrogen and oxygen atoms in total. The van der Waals surface area contributed by atoms with Gasteiger partial charge in [0.05, 0.1) is 12.7 Å². The van der Waals surface area contributed by atoms with Crippen molar-refractivity contribution in [2.45, 2.75) is 26.0 Å². The molecule has 27 heavy (non-hydrogen) atoms. The lowest BCUT2D eigenvalue weighted by Crippen LogP contribution is -2.21. The van der Waals surface area contributed by atoms with Gasteiger partial charge in [-0.15, -0.1) is 0 Å². The number of esters is 1. The summed E-state index contributed by atoms with van der Waals surface area (Å²) in [5, 5.41) is 0. The first-order chi connectivity index (χ1) is 13.0. The summed E-state index contributed by atoms with van der Waals surface area (Å²) in [6, 6.07) is 14.4. The third-order valence-electron chi connectivity index (χ3n) is 4.83. The SMILES string of the molecule is COC(=O)c1ccccc1CC1CCN(Cc2cccc(OC(F)F)c2)C1. The Balaban J connectivity index is 1.59. The number of alkyl halides is 2. The molecule has 0 saturated carbocycles. The first kappa shape index (κ1) is 19.3. The van der Waals surface area contributed by atoms with Gasteiger partial charge in [-0.05, 0) is 54.6 Å². The molecule has 0 spiro atoms. The largest absolute Gasteiger partial charge is 0.465 e. The van der Waals surface area contributed by atoms with Crippen LogP contribution in [0.25, 0.3) is 0 Å². The molecule has 0 bridgehead atoms. The minimum atomic E-state index is -2.81. The summed E-state index contributed by atoms with van der Waals surface area (Å²) < 4.78 is 34.1. The van der Waals surface area contributed by atoms with E-state index >= 15 is 0 Å². The number of nitrogens with zero attached hydrogens (tertiary/aromatic N) is 1. The predicted molar refractivity (Wildman–Crippen MR) is 97.9 cm³/mol. The molecule has 0 aromatic heterocycles. The maximum atomic E-state index is 12.4. The maximum Gasteiger partial charge on any atom is 0.387 e. The van der Waals surface area contributed by atoms with Crippen molar-refractivity contribution < 1.29 is 23.0 Å². The molecule has 0 amide bonds. The molecule has 0 radical (unpaired) electrons. The van der Waals surface area contributed by atoms with E-state index in [1.807, 2.05) is 24.3 Å². The van der Waals surface area contributed by atoms with Gasteiger partial charge >= 0.3 is 12.6 Å². The summed E-state index contributed by atoms with van der Waals surface area (Å²) in [5.74, 6) is 0.317. The van der Waals surface area contributed by atoms with Gasteiger partial charge in [-0.1, -0.05) is 30.3 Å². The van der Waals surface area contributed by atoms with Gasteiger partial charge in [-0.2, -0.15) is 8.78 Å². The lowest BCUT2D eigenvalue weighted by atomic mass is 9.95. The number of hydrogen-bond acceptors (Lipinski definition) is 4. The molecule has 1 heterocycles. The fourth-order valence-corrected chi connectivity index (χ4v) is 3.62. The van der Waals surface area contributed by atoms with Crippen LogP contribution in [0.5, 0.6) is 5.75 Å². The third-order valence-corrected chi connectivity index (χ3v) is 4.83. The van der Waals surface area contributed by atoms with Crippen molar-refractivity contribution in [2.24, 2.45) is 5.92 Å². The quantitative estimate of drug-likeness (QED) is 0.682. The molecule has 2 aromatic rings. The second kappa shape index (κ2) is 8.95. The first-order valence-electron chi connectivity index (χ1n) is 8.97. The summed E-state index contributed by atoms with van der Waals surface area (Å²) in [4.78, 5) is 14.2. The van der Waals surface area contributed by atoms with Crippen LogP contribution >= 0.6 is 0 Å². The van der Waals surface area contributed by atoms with Crippen LogP contribution in [0.1, 0.15) is 27.9 Å². The summed E-state index contributed by atoms with van der Waals surface area (Å²) in [5.41, 5.74) is 2.57. The Bertz CT molecular complexity index is 782. The lowest BCUT2D eigenvalue weighted by Gasteiger charge is -2.17. The summed E-state index contributed by atoms with van der Waals surface area (Å²) in [7, 11) is 1.39. The monoisotopic (exact) mass is 375 g/mol. The Morgan fingerprint density at radius 2 is 2.04 bits per heavy atom. The van der Waals surface area contributed by atoms with E-state index in [2.05, 4.69) is 9.64 Å². The van der Waals surface area contributed by atoms with E-state index < -0.39 is 6.61 Å². The van der Waals surface area contributed by atoms with Crippen molar-refractivity contribution in [1.29, 1.82) is 0 Å². The van der Waals surface area contributed by atoms with Crippen molar-refractivity contribution in [2.75, 3.05) is 20.2 Å². The molecule has 1 saturated heterocycles. The Kier molecular flexibility index (Phi) is 6.40. The summed E-state index contributed by atoms with van der Waals surface area (Å²) in [6.07, 6.45) is 1.85. The van der Waals surface area contributed by atoms with E-state index in [0.717, 1.165) is 37.1 Å². The zero-order chi connectivity index (χ0) is 19.2. The lowest BCUT2D eigenvalue weighted by molar-refractivity contribution is -0.0499. The summed E-state index contributed by atoms with van der Waals surface area (Å²) in [6.45, 7) is -0.290. The Morgan fingerprint density at radius 1 is 1.22 bits per heavy atom. The average Bonchev–Trinajstić information content (AvgIpc) is 3.08. The zero-order valence-electron chi connectivity index (χ0n) is 15.2. The number of halogens is 2. The molecular formula is C21H23F2NO3. The number of likely N-dealkylation sites (tertiary alicyclic amines) is 1. The van der Waals surface area contributed by atoms with Crippen LogP contribution in [0.3, 0.4) is 0 Å². The molecule has 1 atom stereocenters. The van der Waals surface area contributed by atoms with Gasteiger partial charge in [0.2, 0.25) is 0 Å². The van der Waals surface area contributed by atoms with Gasteiger partial charge in [0.15, 0.2) is 0 Å². The fraction of sp³-hybridized carbons (Fsp3) is 0.381. The molecule has 1 aliphatic heterocycles. The Hall–Kier alpha value is -2.47. The van der Waals surface area contributed by atoms with Crippen molar-refractivity contribution in [1.82, 2.24) is 4.90 Å². The molecule has 3 rings (SSSR count). The van der Waals surface area contributed by atoms with Gasteiger partial charge in [0.25, 0.3) is 0 Å². The number of rotatable bonds is 7. The molecule has 1 aliphatic rings. The topological polar surface area (TPSA) is 38.8 Å². The van der Waals surface area contributed by atoms with Crippen LogP contribution in [0.4, 0.5) is 8.78 Å². The number of hydrogen-bond donors (Lipinski definition) is 0. The highest BCUT2D eigenvalue weighted by molar-refractivity contribution is 5.90. The van der Waals surface area contributed by atoms with Gasteiger partial charge in [-0.3, -0.25) is 4.90 Å². The Morgan fingerprint density at radius 3 is 2.81 bits per heavy atom. The number of carbonyl (C=O) groups is 1.